The molecular formula is C14H22N2O5S2. The van der Waals surface area contributed by atoms with Gasteiger partial charge in [0.05, 0.1) is 23.0 Å². The van der Waals surface area contributed by atoms with E-state index in [-0.39, 0.29) is 22.4 Å². The maximum absolute atomic E-state index is 12.3. The molecule has 0 aromatic heterocycles. The number of sulfonamides is 1. The maximum Gasteiger partial charge on any atom is 0.240 e. The fraction of sp³-hybridized carbons (Fsp3) is 0.571. The average molecular weight is 362 g/mol. The topological polar surface area (TPSA) is 92.8 Å². The fourth-order valence-corrected chi connectivity index (χ4v) is 4.08. The number of hydrogen-bond donors (Lipinski definition) is 1. The van der Waals surface area contributed by atoms with E-state index in [9.17, 15) is 16.8 Å². The first-order valence-electron chi connectivity index (χ1n) is 7.32. The first-order chi connectivity index (χ1) is 10.7. The van der Waals surface area contributed by atoms with Crippen LogP contribution in [-0.2, 0) is 24.6 Å². The van der Waals surface area contributed by atoms with Gasteiger partial charge in [-0.2, -0.15) is 0 Å². The van der Waals surface area contributed by atoms with Crippen molar-refractivity contribution in [1.29, 1.82) is 0 Å². The van der Waals surface area contributed by atoms with Gasteiger partial charge in [-0.05, 0) is 31.2 Å². The summed E-state index contributed by atoms with van der Waals surface area (Å²) >= 11 is 0. The number of nitrogens with zero attached hydrogens (tertiary/aromatic N) is 1. The van der Waals surface area contributed by atoms with Crippen molar-refractivity contribution in [2.45, 2.75) is 22.8 Å². The lowest BCUT2D eigenvalue weighted by Gasteiger charge is -2.32. The average Bonchev–Trinajstić information content (AvgIpc) is 2.53. The van der Waals surface area contributed by atoms with Crippen LogP contribution in [0.4, 0.5) is 0 Å². The highest BCUT2D eigenvalue weighted by Crippen LogP contribution is 2.14. The number of morpholine rings is 1. The normalized spacial score (nSPS) is 18.7. The standard InChI is InChI=1S/C14H22N2O5S2/c1-12(16-7-9-21-10-8-16)11-15-23(19,20)14-5-3-13(4-6-14)22(2,17)18/h3-6,12,15H,7-11H2,1-2H3/t12-/m1/s1. The summed E-state index contributed by atoms with van der Waals surface area (Å²) in [6.07, 6.45) is 1.08. The van der Waals surface area contributed by atoms with Gasteiger partial charge in [0.1, 0.15) is 0 Å². The molecule has 0 saturated carbocycles. The third-order valence-electron chi connectivity index (χ3n) is 3.80. The summed E-state index contributed by atoms with van der Waals surface area (Å²) in [6.45, 7) is 5.13. The largest absolute Gasteiger partial charge is 0.379 e. The van der Waals surface area contributed by atoms with Gasteiger partial charge < -0.3 is 4.74 Å². The predicted octanol–water partition coefficient (Wildman–Crippen LogP) is 0.0891. The Bertz CT molecular complexity index is 723. The van der Waals surface area contributed by atoms with E-state index in [0.29, 0.717) is 13.2 Å². The molecule has 0 aliphatic carbocycles. The molecule has 9 heteroatoms. The minimum atomic E-state index is -3.66. The van der Waals surface area contributed by atoms with Crippen LogP contribution in [0.1, 0.15) is 6.92 Å². The maximum atomic E-state index is 12.3. The Hall–Kier alpha value is -1.00. The molecule has 130 valence electrons. The number of hydrogen-bond acceptors (Lipinski definition) is 6. The molecule has 2 rings (SSSR count). The fourth-order valence-electron chi connectivity index (χ4n) is 2.33. The molecule has 0 spiro atoms. The second-order valence-corrected chi connectivity index (χ2v) is 9.38. The molecule has 7 nitrogen and oxygen atoms in total. The Balaban J connectivity index is 2.01. The summed E-state index contributed by atoms with van der Waals surface area (Å²) in [5, 5.41) is 0. The van der Waals surface area contributed by atoms with Crippen molar-refractivity contribution < 1.29 is 21.6 Å². The van der Waals surface area contributed by atoms with Crippen LogP contribution in [0.25, 0.3) is 0 Å². The van der Waals surface area contributed by atoms with Crippen molar-refractivity contribution in [3.05, 3.63) is 24.3 Å². The molecular weight excluding hydrogens is 340 g/mol. The second-order valence-electron chi connectivity index (χ2n) is 5.59. The highest BCUT2D eigenvalue weighted by molar-refractivity contribution is 7.90. The molecule has 1 saturated heterocycles. The summed E-state index contributed by atoms with van der Waals surface area (Å²) < 4.78 is 55.2. The molecule has 1 heterocycles. The Labute approximate surface area is 137 Å². The van der Waals surface area contributed by atoms with Crippen molar-refractivity contribution in [1.82, 2.24) is 9.62 Å². The highest BCUT2D eigenvalue weighted by Gasteiger charge is 2.20. The Kier molecular flexibility index (Phi) is 5.79. The summed E-state index contributed by atoms with van der Waals surface area (Å²) in [5.41, 5.74) is 0. The summed E-state index contributed by atoms with van der Waals surface area (Å²) in [7, 11) is -7.00. The molecule has 1 aliphatic rings. The lowest BCUT2D eigenvalue weighted by Crippen LogP contribution is -2.47. The third kappa shape index (κ3) is 4.98. The molecule has 0 bridgehead atoms. The first-order valence-corrected chi connectivity index (χ1v) is 10.7. The zero-order chi connectivity index (χ0) is 17.1. The van der Waals surface area contributed by atoms with E-state index in [2.05, 4.69) is 9.62 Å². The number of ether oxygens (including phenoxy) is 1. The molecule has 0 amide bonds. The van der Waals surface area contributed by atoms with Gasteiger partial charge in [0.15, 0.2) is 9.84 Å². The van der Waals surface area contributed by atoms with Crippen LogP contribution < -0.4 is 4.72 Å². The van der Waals surface area contributed by atoms with E-state index >= 15 is 0 Å². The second kappa shape index (κ2) is 7.27. The van der Waals surface area contributed by atoms with Gasteiger partial charge in [-0.1, -0.05) is 0 Å². The monoisotopic (exact) mass is 362 g/mol. The van der Waals surface area contributed by atoms with Crippen LogP contribution in [0.2, 0.25) is 0 Å². The van der Waals surface area contributed by atoms with Crippen molar-refractivity contribution in [2.24, 2.45) is 0 Å². The molecule has 0 radical (unpaired) electrons. The van der Waals surface area contributed by atoms with Crippen LogP contribution >= 0.6 is 0 Å². The van der Waals surface area contributed by atoms with Gasteiger partial charge in [-0.25, -0.2) is 21.6 Å². The SMILES string of the molecule is C[C@H](CNS(=O)(=O)c1ccc(S(C)(=O)=O)cc1)N1CCOCC1. The third-order valence-corrected chi connectivity index (χ3v) is 6.37. The summed E-state index contributed by atoms with van der Waals surface area (Å²) in [6, 6.07) is 5.27. The number of rotatable bonds is 6. The van der Waals surface area contributed by atoms with Gasteiger partial charge in [0.2, 0.25) is 10.0 Å². The van der Waals surface area contributed by atoms with Crippen molar-refractivity contribution in [2.75, 3.05) is 39.1 Å². The van der Waals surface area contributed by atoms with E-state index in [1.165, 1.54) is 24.3 Å². The van der Waals surface area contributed by atoms with Gasteiger partial charge >= 0.3 is 0 Å². The molecule has 0 unspecified atom stereocenters. The minimum absolute atomic E-state index is 0.0547. The van der Waals surface area contributed by atoms with E-state index in [1.54, 1.807) is 0 Å². The number of benzene rings is 1. The van der Waals surface area contributed by atoms with E-state index < -0.39 is 19.9 Å². The zero-order valence-corrected chi connectivity index (χ0v) is 14.9. The van der Waals surface area contributed by atoms with Gasteiger partial charge in [-0.3, -0.25) is 4.90 Å². The van der Waals surface area contributed by atoms with Crippen molar-refractivity contribution >= 4 is 19.9 Å². The first kappa shape index (κ1) is 18.3. The molecule has 23 heavy (non-hydrogen) atoms. The molecule has 1 aliphatic heterocycles. The lowest BCUT2D eigenvalue weighted by atomic mass is 10.2. The summed E-state index contributed by atoms with van der Waals surface area (Å²) in [5.74, 6) is 0. The van der Waals surface area contributed by atoms with E-state index in [4.69, 9.17) is 4.74 Å². The molecule has 1 aromatic carbocycles. The quantitative estimate of drug-likeness (QED) is 0.771. The minimum Gasteiger partial charge on any atom is -0.379 e. The van der Waals surface area contributed by atoms with Gasteiger partial charge in [0, 0.05) is 31.9 Å². The zero-order valence-electron chi connectivity index (χ0n) is 13.2. The lowest BCUT2D eigenvalue weighted by molar-refractivity contribution is 0.0213. The molecule has 1 fully saturated rings. The molecule has 1 aromatic rings. The van der Waals surface area contributed by atoms with Crippen LogP contribution in [-0.4, -0.2) is 66.9 Å². The van der Waals surface area contributed by atoms with Crippen LogP contribution in [0.3, 0.4) is 0 Å². The van der Waals surface area contributed by atoms with Crippen molar-refractivity contribution in [3.63, 3.8) is 0 Å². The Morgan fingerprint density at radius 2 is 1.61 bits per heavy atom. The molecule has 1 N–H and O–H groups in total. The predicted molar refractivity (Wildman–Crippen MR) is 86.6 cm³/mol. The van der Waals surface area contributed by atoms with Crippen LogP contribution in [0.5, 0.6) is 0 Å². The smallest absolute Gasteiger partial charge is 0.240 e. The highest BCUT2D eigenvalue weighted by atomic mass is 32.2. The Morgan fingerprint density at radius 1 is 1.09 bits per heavy atom. The number of sulfone groups is 1. The number of nitrogens with one attached hydrogen (secondary N) is 1. The van der Waals surface area contributed by atoms with Crippen molar-refractivity contribution in [3.8, 4) is 0 Å². The van der Waals surface area contributed by atoms with Gasteiger partial charge in [-0.15, -0.1) is 0 Å². The van der Waals surface area contributed by atoms with E-state index in [0.717, 1.165) is 19.3 Å². The van der Waals surface area contributed by atoms with Gasteiger partial charge in [0.25, 0.3) is 0 Å². The van der Waals surface area contributed by atoms with E-state index in [1.807, 2.05) is 6.92 Å². The van der Waals surface area contributed by atoms with Crippen LogP contribution in [0, 0.1) is 0 Å². The summed E-state index contributed by atoms with van der Waals surface area (Å²) in [4.78, 5) is 2.32. The molecule has 1 atom stereocenters. The Morgan fingerprint density at radius 3 is 2.13 bits per heavy atom. The van der Waals surface area contributed by atoms with Crippen LogP contribution in [0.15, 0.2) is 34.1 Å².